The lowest BCUT2D eigenvalue weighted by Gasteiger charge is -2.29. The smallest absolute Gasteiger partial charge is 0.310 e. The van der Waals surface area contributed by atoms with Crippen molar-refractivity contribution in [2.24, 2.45) is 16.8 Å². The first-order chi connectivity index (χ1) is 12.6. The number of likely N-dealkylation sites (tertiary alicyclic amines) is 2. The van der Waals surface area contributed by atoms with Crippen LogP contribution in [0.2, 0.25) is 0 Å². The van der Waals surface area contributed by atoms with Crippen LogP contribution in [-0.2, 0) is 9.53 Å². The molecule has 3 heterocycles. The van der Waals surface area contributed by atoms with E-state index in [-0.39, 0.29) is 41.8 Å². The van der Waals surface area contributed by atoms with E-state index in [4.69, 9.17) is 4.74 Å². The minimum Gasteiger partial charge on any atom is -0.469 e. The molecule has 0 bridgehead atoms. The molecular formula is C19H31IN4O2S. The number of guanidine groups is 1. The average Bonchev–Trinajstić information content (AvgIpc) is 3.40. The van der Waals surface area contributed by atoms with E-state index in [2.05, 4.69) is 44.5 Å². The second kappa shape index (κ2) is 10.6. The predicted molar refractivity (Wildman–Crippen MR) is 121 cm³/mol. The van der Waals surface area contributed by atoms with E-state index in [9.17, 15) is 4.79 Å². The van der Waals surface area contributed by atoms with Crippen LogP contribution in [0.3, 0.4) is 0 Å². The molecule has 0 radical (unpaired) electrons. The summed E-state index contributed by atoms with van der Waals surface area (Å²) >= 11 is 1.82. The lowest BCUT2D eigenvalue weighted by molar-refractivity contribution is -0.145. The van der Waals surface area contributed by atoms with Gasteiger partial charge >= 0.3 is 5.97 Å². The second-order valence-corrected chi connectivity index (χ2v) is 8.19. The Kier molecular flexibility index (Phi) is 8.81. The van der Waals surface area contributed by atoms with Crippen LogP contribution in [0.25, 0.3) is 0 Å². The van der Waals surface area contributed by atoms with Gasteiger partial charge in [0.05, 0.1) is 19.1 Å². The highest BCUT2D eigenvalue weighted by molar-refractivity contribution is 14.0. The van der Waals surface area contributed by atoms with Crippen LogP contribution >= 0.6 is 35.3 Å². The Morgan fingerprint density at radius 3 is 2.74 bits per heavy atom. The summed E-state index contributed by atoms with van der Waals surface area (Å²) in [5.41, 5.74) is 0. The number of carbonyl (C=O) groups is 1. The lowest BCUT2D eigenvalue weighted by atomic mass is 9.99. The SMILES string of the molecule is CN=C(NCC(c1cccs1)N1CCCC1)N1CC(C)C(C(=O)OC)C1.I. The van der Waals surface area contributed by atoms with Gasteiger partial charge in [-0.15, -0.1) is 35.3 Å². The molecule has 0 amide bonds. The van der Waals surface area contributed by atoms with Crippen molar-refractivity contribution < 1.29 is 9.53 Å². The van der Waals surface area contributed by atoms with E-state index >= 15 is 0 Å². The maximum absolute atomic E-state index is 12.0. The fourth-order valence-electron chi connectivity index (χ4n) is 4.06. The number of rotatable bonds is 5. The highest BCUT2D eigenvalue weighted by Crippen LogP contribution is 2.28. The number of aliphatic imine (C=N–C) groups is 1. The largest absolute Gasteiger partial charge is 0.469 e. The summed E-state index contributed by atoms with van der Waals surface area (Å²) in [5, 5.41) is 5.71. The third-order valence-electron chi connectivity index (χ3n) is 5.53. The van der Waals surface area contributed by atoms with Gasteiger partial charge in [0, 0.05) is 31.6 Å². The molecule has 2 saturated heterocycles. The van der Waals surface area contributed by atoms with Crippen molar-refractivity contribution in [3.8, 4) is 0 Å². The van der Waals surface area contributed by atoms with E-state index in [1.54, 1.807) is 0 Å². The molecule has 2 aliphatic heterocycles. The van der Waals surface area contributed by atoms with E-state index in [1.807, 2.05) is 18.4 Å². The molecule has 8 heteroatoms. The zero-order chi connectivity index (χ0) is 18.5. The summed E-state index contributed by atoms with van der Waals surface area (Å²) in [6.07, 6.45) is 2.56. The van der Waals surface area contributed by atoms with E-state index < -0.39 is 0 Å². The van der Waals surface area contributed by atoms with Gasteiger partial charge in [-0.3, -0.25) is 14.7 Å². The summed E-state index contributed by atoms with van der Waals surface area (Å²) < 4.78 is 4.95. The minimum absolute atomic E-state index is 0. The molecule has 152 valence electrons. The zero-order valence-corrected chi connectivity index (χ0v) is 19.5. The maximum Gasteiger partial charge on any atom is 0.310 e. The van der Waals surface area contributed by atoms with Crippen LogP contribution in [-0.4, -0.2) is 68.6 Å². The molecule has 1 N–H and O–H groups in total. The fourth-order valence-corrected chi connectivity index (χ4v) is 4.92. The zero-order valence-electron chi connectivity index (χ0n) is 16.4. The van der Waals surface area contributed by atoms with Crippen LogP contribution in [0, 0.1) is 11.8 Å². The molecule has 0 spiro atoms. The molecule has 0 saturated carbocycles. The number of nitrogens with zero attached hydrogens (tertiary/aromatic N) is 3. The molecule has 1 aromatic rings. The van der Waals surface area contributed by atoms with Gasteiger partial charge in [-0.1, -0.05) is 13.0 Å². The van der Waals surface area contributed by atoms with Gasteiger partial charge in [-0.2, -0.15) is 0 Å². The first kappa shape index (κ1) is 22.4. The summed E-state index contributed by atoms with van der Waals surface area (Å²) in [6.45, 7) is 6.75. The Bertz CT molecular complexity index is 619. The van der Waals surface area contributed by atoms with Crippen molar-refractivity contribution in [3.63, 3.8) is 0 Å². The van der Waals surface area contributed by atoms with Crippen molar-refractivity contribution >= 4 is 47.2 Å². The van der Waals surface area contributed by atoms with E-state index in [0.29, 0.717) is 12.6 Å². The van der Waals surface area contributed by atoms with Crippen LogP contribution in [0.4, 0.5) is 0 Å². The number of halogens is 1. The van der Waals surface area contributed by atoms with Gasteiger partial charge in [0.2, 0.25) is 0 Å². The summed E-state index contributed by atoms with van der Waals surface area (Å²) in [4.78, 5) is 22.6. The van der Waals surface area contributed by atoms with Crippen molar-refractivity contribution in [2.75, 3.05) is 46.9 Å². The molecule has 1 aromatic heterocycles. The van der Waals surface area contributed by atoms with Crippen LogP contribution in [0.15, 0.2) is 22.5 Å². The number of hydrogen-bond acceptors (Lipinski definition) is 5. The Balaban J connectivity index is 0.00000261. The predicted octanol–water partition coefficient (Wildman–Crippen LogP) is 2.82. The maximum atomic E-state index is 12.0. The number of ether oxygens (including phenoxy) is 1. The highest BCUT2D eigenvalue weighted by Gasteiger charge is 2.37. The summed E-state index contributed by atoms with van der Waals surface area (Å²) in [5.74, 6) is 0.950. The summed E-state index contributed by atoms with van der Waals surface area (Å²) in [6, 6.07) is 4.73. The molecule has 27 heavy (non-hydrogen) atoms. The Labute approximate surface area is 183 Å². The monoisotopic (exact) mass is 506 g/mol. The number of thiophene rings is 1. The van der Waals surface area contributed by atoms with E-state index in [1.165, 1.54) is 24.8 Å². The molecule has 0 aromatic carbocycles. The van der Waals surface area contributed by atoms with Gasteiger partial charge in [-0.05, 0) is 43.3 Å². The van der Waals surface area contributed by atoms with Gasteiger partial charge in [-0.25, -0.2) is 0 Å². The Hall–Kier alpha value is -0.870. The van der Waals surface area contributed by atoms with Crippen molar-refractivity contribution in [1.29, 1.82) is 0 Å². The minimum atomic E-state index is -0.121. The van der Waals surface area contributed by atoms with Crippen LogP contribution in [0.1, 0.15) is 30.7 Å². The molecule has 3 unspecified atom stereocenters. The van der Waals surface area contributed by atoms with Gasteiger partial charge in [0.1, 0.15) is 0 Å². The molecule has 3 rings (SSSR count). The number of methoxy groups -OCH3 is 1. The average molecular weight is 506 g/mol. The van der Waals surface area contributed by atoms with Gasteiger partial charge in [0.25, 0.3) is 0 Å². The molecular weight excluding hydrogens is 475 g/mol. The van der Waals surface area contributed by atoms with Crippen molar-refractivity contribution in [3.05, 3.63) is 22.4 Å². The first-order valence-electron chi connectivity index (χ1n) is 9.45. The van der Waals surface area contributed by atoms with Crippen molar-refractivity contribution in [1.82, 2.24) is 15.1 Å². The molecule has 0 aliphatic carbocycles. The quantitative estimate of drug-likeness (QED) is 0.288. The Morgan fingerprint density at radius 2 is 2.15 bits per heavy atom. The normalized spacial score (nSPS) is 24.6. The number of carbonyl (C=O) groups excluding carboxylic acids is 1. The highest BCUT2D eigenvalue weighted by atomic mass is 127. The first-order valence-corrected chi connectivity index (χ1v) is 10.3. The third-order valence-corrected chi connectivity index (χ3v) is 6.51. The molecule has 3 atom stereocenters. The molecule has 2 fully saturated rings. The summed E-state index contributed by atoms with van der Waals surface area (Å²) in [7, 11) is 3.28. The van der Waals surface area contributed by atoms with Crippen molar-refractivity contribution in [2.45, 2.75) is 25.8 Å². The van der Waals surface area contributed by atoms with Gasteiger partial charge in [0.15, 0.2) is 5.96 Å². The number of hydrogen-bond donors (Lipinski definition) is 1. The molecule has 2 aliphatic rings. The third kappa shape index (κ3) is 5.35. The number of nitrogens with one attached hydrogen (secondary N) is 1. The topological polar surface area (TPSA) is 57.2 Å². The standard InChI is InChI=1S/C19H30N4O2S.HI/c1-14-12-23(13-15(14)18(24)25-3)19(20-2)21-11-16(17-7-6-10-26-17)22-8-4-5-9-22;/h6-7,10,14-16H,4-5,8-9,11-13H2,1-3H3,(H,20,21);1H. The van der Waals surface area contributed by atoms with Crippen LogP contribution < -0.4 is 5.32 Å². The Morgan fingerprint density at radius 1 is 1.41 bits per heavy atom. The van der Waals surface area contributed by atoms with Crippen LogP contribution in [0.5, 0.6) is 0 Å². The van der Waals surface area contributed by atoms with E-state index in [0.717, 1.165) is 32.1 Å². The molecule has 6 nitrogen and oxygen atoms in total. The fraction of sp³-hybridized carbons (Fsp3) is 0.684. The lowest BCUT2D eigenvalue weighted by Crippen LogP contribution is -2.44. The second-order valence-electron chi connectivity index (χ2n) is 7.21. The van der Waals surface area contributed by atoms with Gasteiger partial charge < -0.3 is 15.0 Å². The number of esters is 1.